The molecule has 1 aromatic heterocycles. The molecule has 104 valence electrons. The van der Waals surface area contributed by atoms with Gasteiger partial charge in [0.25, 0.3) is 5.91 Å². The molecule has 0 atom stereocenters. The Morgan fingerprint density at radius 2 is 2.20 bits per heavy atom. The van der Waals surface area contributed by atoms with Crippen molar-refractivity contribution in [2.45, 2.75) is 25.4 Å². The van der Waals surface area contributed by atoms with E-state index in [0.29, 0.717) is 12.6 Å². The molecule has 1 aliphatic rings. The number of rotatable bonds is 4. The number of hydrogen-bond donors (Lipinski definition) is 0. The van der Waals surface area contributed by atoms with Crippen LogP contribution in [0.1, 0.15) is 28.8 Å². The van der Waals surface area contributed by atoms with Gasteiger partial charge in [0.05, 0.1) is 5.56 Å². The smallest absolute Gasteiger partial charge is 0.255 e. The molecule has 1 aromatic carbocycles. The summed E-state index contributed by atoms with van der Waals surface area (Å²) in [5, 5.41) is 4.18. The first-order chi connectivity index (χ1) is 9.65. The Morgan fingerprint density at radius 1 is 1.40 bits per heavy atom. The number of halogens is 2. The molecule has 0 aliphatic heterocycles. The monoisotopic (exact) mass is 461 g/mol. The van der Waals surface area contributed by atoms with Crippen LogP contribution in [0.15, 0.2) is 39.5 Å². The lowest BCUT2D eigenvalue weighted by atomic mass is 10.2. The highest BCUT2D eigenvalue weighted by molar-refractivity contribution is 14.1. The van der Waals surface area contributed by atoms with Crippen LogP contribution in [0, 0.1) is 3.57 Å². The number of hydrogen-bond acceptors (Lipinski definition) is 2. The van der Waals surface area contributed by atoms with E-state index in [9.17, 15) is 4.79 Å². The second kappa shape index (κ2) is 6.15. The van der Waals surface area contributed by atoms with Gasteiger partial charge in [-0.25, -0.2) is 0 Å². The molecule has 1 amide bonds. The summed E-state index contributed by atoms with van der Waals surface area (Å²) in [6.45, 7) is 0.713. The minimum absolute atomic E-state index is 0.129. The fourth-order valence-corrected chi connectivity index (χ4v) is 3.72. The van der Waals surface area contributed by atoms with E-state index in [0.717, 1.165) is 26.4 Å². The van der Waals surface area contributed by atoms with Crippen LogP contribution in [0.3, 0.4) is 0 Å². The summed E-state index contributed by atoms with van der Waals surface area (Å²) in [6, 6.07) is 8.41. The van der Waals surface area contributed by atoms with E-state index < -0.39 is 0 Å². The van der Waals surface area contributed by atoms with Crippen LogP contribution in [-0.2, 0) is 6.54 Å². The molecular formula is C15H13BrINOS. The number of nitrogens with zero attached hydrogens (tertiary/aromatic N) is 1. The summed E-state index contributed by atoms with van der Waals surface area (Å²) in [5.41, 5.74) is 1.98. The number of carbonyl (C=O) groups is 1. The average molecular weight is 462 g/mol. The van der Waals surface area contributed by atoms with E-state index in [-0.39, 0.29) is 5.91 Å². The van der Waals surface area contributed by atoms with E-state index in [2.05, 4.69) is 55.3 Å². The lowest BCUT2D eigenvalue weighted by molar-refractivity contribution is 0.0729. The Kier molecular flexibility index (Phi) is 4.47. The average Bonchev–Trinajstić information content (AvgIpc) is 3.15. The van der Waals surface area contributed by atoms with Crippen LogP contribution in [0.2, 0.25) is 0 Å². The zero-order valence-corrected chi connectivity index (χ0v) is 15.2. The first kappa shape index (κ1) is 14.5. The van der Waals surface area contributed by atoms with Gasteiger partial charge >= 0.3 is 0 Å². The zero-order valence-electron chi connectivity index (χ0n) is 10.7. The summed E-state index contributed by atoms with van der Waals surface area (Å²) in [4.78, 5) is 14.8. The standard InChI is InChI=1S/C15H13BrINOS/c16-14-4-1-11(17)7-13(14)15(19)18(12-2-3-12)8-10-5-6-20-9-10/h1,4-7,9,12H,2-3,8H2. The van der Waals surface area contributed by atoms with Crippen molar-refractivity contribution in [3.05, 3.63) is 54.2 Å². The normalized spacial score (nSPS) is 14.3. The van der Waals surface area contributed by atoms with Crippen molar-refractivity contribution in [3.63, 3.8) is 0 Å². The van der Waals surface area contributed by atoms with Crippen molar-refractivity contribution >= 4 is 55.8 Å². The molecule has 0 radical (unpaired) electrons. The van der Waals surface area contributed by atoms with E-state index in [1.807, 2.05) is 23.1 Å². The molecule has 20 heavy (non-hydrogen) atoms. The van der Waals surface area contributed by atoms with E-state index >= 15 is 0 Å². The molecule has 1 heterocycles. The molecule has 0 bridgehead atoms. The minimum Gasteiger partial charge on any atom is -0.331 e. The Bertz CT molecular complexity index is 625. The first-order valence-electron chi connectivity index (χ1n) is 6.42. The summed E-state index contributed by atoms with van der Waals surface area (Å²) < 4.78 is 1.96. The number of benzene rings is 1. The molecule has 5 heteroatoms. The number of carbonyl (C=O) groups excluding carboxylic acids is 1. The van der Waals surface area contributed by atoms with Crippen molar-refractivity contribution in [2.75, 3.05) is 0 Å². The van der Waals surface area contributed by atoms with Crippen molar-refractivity contribution in [1.82, 2.24) is 4.90 Å². The second-order valence-electron chi connectivity index (χ2n) is 4.92. The SMILES string of the molecule is O=C(c1cc(I)ccc1Br)N(Cc1ccsc1)C1CC1. The lowest BCUT2D eigenvalue weighted by Crippen LogP contribution is -2.32. The third-order valence-corrected chi connectivity index (χ3v) is 5.43. The second-order valence-corrected chi connectivity index (χ2v) is 7.80. The summed E-state index contributed by atoms with van der Waals surface area (Å²) in [6.07, 6.45) is 2.24. The fraction of sp³-hybridized carbons (Fsp3) is 0.267. The fourth-order valence-electron chi connectivity index (χ4n) is 2.15. The quantitative estimate of drug-likeness (QED) is 0.591. The van der Waals surface area contributed by atoms with Gasteiger partial charge in [-0.3, -0.25) is 4.79 Å². The van der Waals surface area contributed by atoms with E-state index in [1.165, 1.54) is 5.56 Å². The van der Waals surface area contributed by atoms with E-state index in [4.69, 9.17) is 0 Å². The maximum atomic E-state index is 12.8. The Labute approximate surface area is 144 Å². The minimum atomic E-state index is 0.129. The van der Waals surface area contributed by atoms with Crippen LogP contribution in [0.5, 0.6) is 0 Å². The van der Waals surface area contributed by atoms with Crippen molar-refractivity contribution in [2.24, 2.45) is 0 Å². The van der Waals surface area contributed by atoms with E-state index in [1.54, 1.807) is 11.3 Å². The predicted octanol–water partition coefficient (Wildman–Crippen LogP) is 4.92. The maximum absolute atomic E-state index is 12.8. The summed E-state index contributed by atoms with van der Waals surface area (Å²) >= 11 is 7.42. The van der Waals surface area contributed by atoms with Crippen LogP contribution in [0.4, 0.5) is 0 Å². The highest BCUT2D eigenvalue weighted by Gasteiger charge is 2.33. The van der Waals surface area contributed by atoms with Gasteiger partial charge in [0, 0.05) is 20.6 Å². The Morgan fingerprint density at radius 3 is 2.85 bits per heavy atom. The van der Waals surface area contributed by atoms with Gasteiger partial charge in [-0.1, -0.05) is 0 Å². The number of amides is 1. The highest BCUT2D eigenvalue weighted by Crippen LogP contribution is 2.32. The molecule has 0 saturated heterocycles. The van der Waals surface area contributed by atoms with Crippen molar-refractivity contribution in [1.29, 1.82) is 0 Å². The van der Waals surface area contributed by atoms with Crippen LogP contribution in [-0.4, -0.2) is 16.8 Å². The molecule has 0 spiro atoms. The molecule has 1 aliphatic carbocycles. The zero-order chi connectivity index (χ0) is 14.1. The van der Waals surface area contributed by atoms with Gasteiger partial charge in [0.15, 0.2) is 0 Å². The Balaban J connectivity index is 1.87. The van der Waals surface area contributed by atoms with Gasteiger partial charge in [0.2, 0.25) is 0 Å². The topological polar surface area (TPSA) is 20.3 Å². The third-order valence-electron chi connectivity index (χ3n) is 3.34. The molecule has 1 saturated carbocycles. The first-order valence-corrected chi connectivity index (χ1v) is 9.23. The van der Waals surface area contributed by atoms with Gasteiger partial charge in [-0.05, 0) is 92.0 Å². The highest BCUT2D eigenvalue weighted by atomic mass is 127. The largest absolute Gasteiger partial charge is 0.331 e. The van der Waals surface area contributed by atoms with Gasteiger partial charge in [-0.2, -0.15) is 11.3 Å². The van der Waals surface area contributed by atoms with Crippen LogP contribution < -0.4 is 0 Å². The van der Waals surface area contributed by atoms with Crippen LogP contribution in [0.25, 0.3) is 0 Å². The molecule has 2 aromatic rings. The lowest BCUT2D eigenvalue weighted by Gasteiger charge is -2.22. The number of thiophene rings is 1. The van der Waals surface area contributed by atoms with Crippen molar-refractivity contribution in [3.8, 4) is 0 Å². The maximum Gasteiger partial charge on any atom is 0.255 e. The summed E-state index contributed by atoms with van der Waals surface area (Å²) in [7, 11) is 0. The molecule has 2 nitrogen and oxygen atoms in total. The van der Waals surface area contributed by atoms with Gasteiger partial charge < -0.3 is 4.90 Å². The van der Waals surface area contributed by atoms with Gasteiger partial charge in [0.1, 0.15) is 0 Å². The predicted molar refractivity (Wildman–Crippen MR) is 94.1 cm³/mol. The Hall–Kier alpha value is -0.400. The van der Waals surface area contributed by atoms with Crippen LogP contribution >= 0.6 is 49.9 Å². The summed E-state index contributed by atoms with van der Waals surface area (Å²) in [5.74, 6) is 0.129. The molecule has 0 N–H and O–H groups in total. The molecule has 0 unspecified atom stereocenters. The molecule has 3 rings (SSSR count). The third kappa shape index (κ3) is 3.26. The van der Waals surface area contributed by atoms with Crippen molar-refractivity contribution < 1.29 is 4.79 Å². The van der Waals surface area contributed by atoms with Gasteiger partial charge in [-0.15, -0.1) is 0 Å². The molecular weight excluding hydrogens is 449 g/mol. The molecule has 1 fully saturated rings.